The van der Waals surface area contributed by atoms with Crippen molar-refractivity contribution in [3.8, 4) is 0 Å². The zero-order valence-corrected chi connectivity index (χ0v) is 9.37. The van der Waals surface area contributed by atoms with Gasteiger partial charge in [0.1, 0.15) is 0 Å². The summed E-state index contributed by atoms with van der Waals surface area (Å²) >= 11 is 0. The van der Waals surface area contributed by atoms with Gasteiger partial charge in [-0.1, -0.05) is 6.58 Å². The van der Waals surface area contributed by atoms with Gasteiger partial charge >= 0.3 is 5.97 Å². The number of esters is 1. The molecular weight excluding hydrogens is 184 g/mol. The van der Waals surface area contributed by atoms with Crippen LogP contribution in [0.4, 0.5) is 0 Å². The molecule has 14 heavy (non-hydrogen) atoms. The second kappa shape index (κ2) is 10.2. The Morgan fingerprint density at radius 2 is 1.86 bits per heavy atom. The Kier molecular flexibility index (Phi) is 11.4. The van der Waals surface area contributed by atoms with Gasteiger partial charge in [0.2, 0.25) is 0 Å². The van der Waals surface area contributed by atoms with E-state index in [2.05, 4.69) is 11.3 Å². The number of aliphatic hydroxyl groups is 1. The Morgan fingerprint density at radius 1 is 1.43 bits per heavy atom. The second-order valence-electron chi connectivity index (χ2n) is 2.57. The van der Waals surface area contributed by atoms with Gasteiger partial charge < -0.3 is 14.6 Å². The number of ether oxygens (including phenoxy) is 2. The van der Waals surface area contributed by atoms with Crippen molar-refractivity contribution >= 4 is 5.97 Å². The van der Waals surface area contributed by atoms with Crippen LogP contribution in [0.2, 0.25) is 0 Å². The average Bonchev–Trinajstić information content (AvgIpc) is 2.05. The van der Waals surface area contributed by atoms with Crippen LogP contribution in [0.3, 0.4) is 0 Å². The largest absolute Gasteiger partial charge is 0.433 e. The summed E-state index contributed by atoms with van der Waals surface area (Å²) in [6.45, 7) is 11.9. The third-order valence-corrected chi connectivity index (χ3v) is 1.03. The molecule has 4 heteroatoms. The van der Waals surface area contributed by atoms with Crippen molar-refractivity contribution in [3.05, 3.63) is 12.2 Å². The standard InChI is InChI=1S/C6H10O3.C4H10O/c1-4(2)6(8)9-5(3)7;1-3-5-4-2/h5,7H,1H2,2-3H3;3-4H2,1-2H3. The van der Waals surface area contributed by atoms with Gasteiger partial charge in [-0.05, 0) is 27.7 Å². The molecule has 1 atom stereocenters. The first kappa shape index (κ1) is 15.6. The van der Waals surface area contributed by atoms with Crippen molar-refractivity contribution in [2.45, 2.75) is 34.0 Å². The number of carbonyl (C=O) groups excluding carboxylic acids is 1. The third kappa shape index (κ3) is 13.7. The SMILES string of the molecule is C=C(C)C(=O)OC(C)O.CCOCC. The minimum Gasteiger partial charge on any atom is -0.433 e. The molecule has 0 amide bonds. The first-order valence-electron chi connectivity index (χ1n) is 4.57. The van der Waals surface area contributed by atoms with E-state index in [1.54, 1.807) is 0 Å². The van der Waals surface area contributed by atoms with Gasteiger partial charge in [-0.15, -0.1) is 0 Å². The summed E-state index contributed by atoms with van der Waals surface area (Å²) in [6, 6.07) is 0. The van der Waals surface area contributed by atoms with Crippen molar-refractivity contribution in [3.63, 3.8) is 0 Å². The summed E-state index contributed by atoms with van der Waals surface area (Å²) in [5.41, 5.74) is 0.288. The lowest BCUT2D eigenvalue weighted by molar-refractivity contribution is -0.159. The van der Waals surface area contributed by atoms with E-state index < -0.39 is 12.3 Å². The van der Waals surface area contributed by atoms with Crippen molar-refractivity contribution < 1.29 is 19.4 Å². The van der Waals surface area contributed by atoms with E-state index in [0.717, 1.165) is 13.2 Å². The number of rotatable bonds is 4. The molecule has 0 aromatic heterocycles. The maximum atomic E-state index is 10.5. The van der Waals surface area contributed by atoms with Crippen LogP contribution in [0.5, 0.6) is 0 Å². The molecule has 0 rings (SSSR count). The first-order valence-corrected chi connectivity index (χ1v) is 4.57. The smallest absolute Gasteiger partial charge is 0.335 e. The number of carbonyl (C=O) groups is 1. The topological polar surface area (TPSA) is 55.8 Å². The Bertz CT molecular complexity index is 162. The molecular formula is C10H20O4. The van der Waals surface area contributed by atoms with Crippen LogP contribution in [-0.2, 0) is 14.3 Å². The fourth-order valence-electron chi connectivity index (χ4n) is 0.460. The highest BCUT2D eigenvalue weighted by Crippen LogP contribution is 1.94. The minimum atomic E-state index is -1.05. The number of hydrogen-bond donors (Lipinski definition) is 1. The third-order valence-electron chi connectivity index (χ3n) is 1.03. The quantitative estimate of drug-likeness (QED) is 0.428. The van der Waals surface area contributed by atoms with E-state index in [1.807, 2.05) is 13.8 Å². The predicted molar refractivity (Wildman–Crippen MR) is 54.8 cm³/mol. The highest BCUT2D eigenvalue weighted by atomic mass is 16.6. The molecule has 0 fully saturated rings. The molecule has 84 valence electrons. The zero-order chi connectivity index (χ0) is 11.6. The van der Waals surface area contributed by atoms with Crippen molar-refractivity contribution in [2.24, 2.45) is 0 Å². The molecule has 1 unspecified atom stereocenters. The molecule has 1 N–H and O–H groups in total. The van der Waals surface area contributed by atoms with Gasteiger partial charge in [-0.25, -0.2) is 4.79 Å². The summed E-state index contributed by atoms with van der Waals surface area (Å²) in [5, 5.41) is 8.49. The van der Waals surface area contributed by atoms with Crippen LogP contribution < -0.4 is 0 Å². The summed E-state index contributed by atoms with van der Waals surface area (Å²) in [7, 11) is 0. The summed E-state index contributed by atoms with van der Waals surface area (Å²) in [5.74, 6) is -0.565. The Labute approximate surface area is 85.5 Å². The van der Waals surface area contributed by atoms with Crippen LogP contribution in [0, 0.1) is 0 Å². The molecule has 0 saturated heterocycles. The Balaban J connectivity index is 0. The highest BCUT2D eigenvalue weighted by Gasteiger charge is 2.04. The second-order valence-corrected chi connectivity index (χ2v) is 2.57. The molecule has 0 spiro atoms. The van der Waals surface area contributed by atoms with E-state index in [9.17, 15) is 4.79 Å². The molecule has 0 heterocycles. The highest BCUT2D eigenvalue weighted by molar-refractivity contribution is 5.86. The maximum absolute atomic E-state index is 10.5. The monoisotopic (exact) mass is 204 g/mol. The van der Waals surface area contributed by atoms with Crippen molar-refractivity contribution in [2.75, 3.05) is 13.2 Å². The fourth-order valence-corrected chi connectivity index (χ4v) is 0.460. The lowest BCUT2D eigenvalue weighted by atomic mass is 10.4. The van der Waals surface area contributed by atoms with Gasteiger partial charge in [0.25, 0.3) is 0 Å². The van der Waals surface area contributed by atoms with E-state index in [1.165, 1.54) is 13.8 Å². The van der Waals surface area contributed by atoms with Gasteiger partial charge in [-0.3, -0.25) is 0 Å². The lowest BCUT2D eigenvalue weighted by Crippen LogP contribution is -2.13. The molecule has 0 radical (unpaired) electrons. The van der Waals surface area contributed by atoms with Crippen LogP contribution in [0.1, 0.15) is 27.7 Å². The van der Waals surface area contributed by atoms with Gasteiger partial charge in [0.15, 0.2) is 6.29 Å². The van der Waals surface area contributed by atoms with Crippen LogP contribution >= 0.6 is 0 Å². The Hall–Kier alpha value is -0.870. The van der Waals surface area contributed by atoms with Gasteiger partial charge in [0.05, 0.1) is 0 Å². The lowest BCUT2D eigenvalue weighted by Gasteiger charge is -2.04. The summed E-state index contributed by atoms with van der Waals surface area (Å²) in [4.78, 5) is 10.5. The van der Waals surface area contributed by atoms with Crippen LogP contribution in [-0.4, -0.2) is 30.6 Å². The number of aliphatic hydroxyl groups excluding tert-OH is 1. The maximum Gasteiger partial charge on any atom is 0.335 e. The van der Waals surface area contributed by atoms with Crippen LogP contribution in [0.25, 0.3) is 0 Å². The number of hydrogen-bond acceptors (Lipinski definition) is 4. The van der Waals surface area contributed by atoms with Crippen molar-refractivity contribution in [1.29, 1.82) is 0 Å². The molecule has 4 nitrogen and oxygen atoms in total. The molecule has 0 aromatic rings. The van der Waals surface area contributed by atoms with Crippen LogP contribution in [0.15, 0.2) is 12.2 Å². The molecule has 0 aliphatic rings. The molecule has 0 saturated carbocycles. The van der Waals surface area contributed by atoms with E-state index >= 15 is 0 Å². The predicted octanol–water partition coefficient (Wildman–Crippen LogP) is 1.49. The summed E-state index contributed by atoms with van der Waals surface area (Å²) < 4.78 is 9.16. The summed E-state index contributed by atoms with van der Waals surface area (Å²) in [6.07, 6.45) is -1.05. The molecule has 0 aromatic carbocycles. The molecule has 0 bridgehead atoms. The first-order chi connectivity index (χ1) is 6.45. The van der Waals surface area contributed by atoms with E-state index in [0.29, 0.717) is 0 Å². The van der Waals surface area contributed by atoms with E-state index in [-0.39, 0.29) is 5.57 Å². The normalized spacial score (nSPS) is 10.9. The van der Waals surface area contributed by atoms with Gasteiger partial charge in [-0.2, -0.15) is 0 Å². The zero-order valence-electron chi connectivity index (χ0n) is 9.37. The Morgan fingerprint density at radius 3 is 1.93 bits per heavy atom. The minimum absolute atomic E-state index is 0.288. The fraction of sp³-hybridized carbons (Fsp3) is 0.700. The van der Waals surface area contributed by atoms with Crippen molar-refractivity contribution in [1.82, 2.24) is 0 Å². The van der Waals surface area contributed by atoms with E-state index in [4.69, 9.17) is 9.84 Å². The average molecular weight is 204 g/mol. The van der Waals surface area contributed by atoms with Gasteiger partial charge in [0, 0.05) is 18.8 Å². The molecule has 0 aliphatic heterocycles. The molecule has 0 aliphatic carbocycles.